The zero-order valence-electron chi connectivity index (χ0n) is 12.0. The van der Waals surface area contributed by atoms with Crippen LogP contribution in [-0.2, 0) is 9.84 Å². The van der Waals surface area contributed by atoms with Crippen molar-refractivity contribution >= 4 is 15.5 Å². The number of nitrogens with zero attached hydrogens (tertiary/aromatic N) is 1. The molecule has 114 valence electrons. The number of rotatable bonds is 4. The Bertz CT molecular complexity index is 827. The first-order chi connectivity index (χ1) is 10.4. The highest BCUT2D eigenvalue weighted by Gasteiger charge is 2.48. The average molecular weight is 317 g/mol. The van der Waals surface area contributed by atoms with Crippen LogP contribution in [-0.4, -0.2) is 18.6 Å². The molecular formula is C16H15NO4S. The molecule has 1 fully saturated rings. The zero-order valence-corrected chi connectivity index (χ0v) is 12.8. The fraction of sp³-hybridized carbons (Fsp3) is 0.250. The predicted octanol–water partition coefficient (Wildman–Crippen LogP) is 3.23. The fourth-order valence-electron chi connectivity index (χ4n) is 2.64. The van der Waals surface area contributed by atoms with E-state index in [1.807, 2.05) is 6.92 Å². The Kier molecular flexibility index (Phi) is 3.48. The molecule has 5 nitrogen and oxygen atoms in total. The van der Waals surface area contributed by atoms with E-state index in [-0.39, 0.29) is 11.6 Å². The molecule has 0 N–H and O–H groups in total. The lowest BCUT2D eigenvalue weighted by atomic mass is 10.1. The molecule has 2 aromatic carbocycles. The molecule has 0 aromatic heterocycles. The van der Waals surface area contributed by atoms with Crippen LogP contribution in [0.4, 0.5) is 5.69 Å². The van der Waals surface area contributed by atoms with Gasteiger partial charge in [0.15, 0.2) is 9.84 Å². The Morgan fingerprint density at radius 3 is 2.45 bits per heavy atom. The van der Waals surface area contributed by atoms with Crippen molar-refractivity contribution in [3.05, 3.63) is 69.8 Å². The summed E-state index contributed by atoms with van der Waals surface area (Å²) in [5, 5.41) is 10.3. The molecule has 3 rings (SSSR count). The number of non-ortho nitro benzene ring substituents is 1. The molecule has 22 heavy (non-hydrogen) atoms. The van der Waals surface area contributed by atoms with Crippen LogP contribution in [0.15, 0.2) is 53.4 Å². The van der Waals surface area contributed by atoms with E-state index in [1.165, 1.54) is 12.1 Å². The van der Waals surface area contributed by atoms with Crippen molar-refractivity contribution in [1.82, 2.24) is 0 Å². The number of benzene rings is 2. The summed E-state index contributed by atoms with van der Waals surface area (Å²) < 4.78 is 25.1. The van der Waals surface area contributed by atoms with Crippen molar-refractivity contribution in [3.63, 3.8) is 0 Å². The molecule has 2 atom stereocenters. The molecule has 0 spiro atoms. The Hall–Kier alpha value is -2.21. The van der Waals surface area contributed by atoms with Gasteiger partial charge < -0.3 is 0 Å². The van der Waals surface area contributed by atoms with Gasteiger partial charge in [0, 0.05) is 18.1 Å². The minimum Gasteiger partial charge on any atom is -0.258 e. The number of aryl methyl sites for hydroxylation is 1. The van der Waals surface area contributed by atoms with E-state index in [4.69, 9.17) is 0 Å². The van der Waals surface area contributed by atoms with Gasteiger partial charge in [0.1, 0.15) is 0 Å². The maximum absolute atomic E-state index is 12.6. The second kappa shape index (κ2) is 5.21. The third-order valence-electron chi connectivity index (χ3n) is 3.99. The summed E-state index contributed by atoms with van der Waals surface area (Å²) in [6, 6.07) is 13.0. The molecule has 1 aliphatic carbocycles. The third kappa shape index (κ3) is 2.62. The van der Waals surface area contributed by atoms with Crippen LogP contribution in [0.2, 0.25) is 0 Å². The monoisotopic (exact) mass is 317 g/mol. The van der Waals surface area contributed by atoms with E-state index in [0.717, 1.165) is 11.1 Å². The number of hydrogen-bond acceptors (Lipinski definition) is 4. The molecule has 0 aliphatic heterocycles. The molecule has 0 amide bonds. The van der Waals surface area contributed by atoms with E-state index in [1.54, 1.807) is 36.4 Å². The summed E-state index contributed by atoms with van der Waals surface area (Å²) >= 11 is 0. The van der Waals surface area contributed by atoms with Crippen LogP contribution < -0.4 is 0 Å². The molecular weight excluding hydrogens is 302 g/mol. The Balaban J connectivity index is 1.86. The number of sulfone groups is 1. The first-order valence-electron chi connectivity index (χ1n) is 6.94. The van der Waals surface area contributed by atoms with Gasteiger partial charge in [0.2, 0.25) is 0 Å². The van der Waals surface area contributed by atoms with Gasteiger partial charge in [-0.25, -0.2) is 8.42 Å². The smallest absolute Gasteiger partial charge is 0.258 e. The summed E-state index contributed by atoms with van der Waals surface area (Å²) in [5.74, 6) is -0.161. The molecule has 1 aliphatic rings. The van der Waals surface area contributed by atoms with Crippen molar-refractivity contribution in [2.75, 3.05) is 0 Å². The highest BCUT2D eigenvalue weighted by molar-refractivity contribution is 7.92. The maximum atomic E-state index is 12.6. The normalized spacial score (nSPS) is 20.6. The molecule has 6 heteroatoms. The van der Waals surface area contributed by atoms with Crippen molar-refractivity contribution < 1.29 is 13.3 Å². The van der Waals surface area contributed by atoms with Crippen molar-refractivity contribution in [3.8, 4) is 0 Å². The maximum Gasteiger partial charge on any atom is 0.269 e. The largest absolute Gasteiger partial charge is 0.269 e. The number of nitro benzene ring substituents is 1. The van der Waals surface area contributed by atoms with E-state index in [2.05, 4.69) is 0 Å². The fourth-order valence-corrected chi connectivity index (χ4v) is 4.55. The Morgan fingerprint density at radius 2 is 1.82 bits per heavy atom. The lowest BCUT2D eigenvalue weighted by molar-refractivity contribution is -0.384. The van der Waals surface area contributed by atoms with Crippen molar-refractivity contribution in [2.45, 2.75) is 29.4 Å². The highest BCUT2D eigenvalue weighted by atomic mass is 32.2. The molecule has 0 saturated heterocycles. The summed E-state index contributed by atoms with van der Waals surface area (Å²) in [6.45, 7) is 1.90. The summed E-state index contributed by atoms with van der Waals surface area (Å²) in [5.41, 5.74) is 1.72. The lowest BCUT2D eigenvalue weighted by Crippen LogP contribution is -2.09. The quantitative estimate of drug-likeness (QED) is 0.640. The van der Waals surface area contributed by atoms with Gasteiger partial charge in [-0.2, -0.15) is 0 Å². The van der Waals surface area contributed by atoms with E-state index in [0.29, 0.717) is 11.3 Å². The summed E-state index contributed by atoms with van der Waals surface area (Å²) in [4.78, 5) is 10.7. The second-order valence-corrected chi connectivity index (χ2v) is 7.76. The van der Waals surface area contributed by atoms with Crippen LogP contribution >= 0.6 is 0 Å². The summed E-state index contributed by atoms with van der Waals surface area (Å²) in [7, 11) is -3.38. The topological polar surface area (TPSA) is 77.3 Å². The zero-order chi connectivity index (χ0) is 15.9. The molecule has 0 radical (unpaired) electrons. The van der Waals surface area contributed by atoms with E-state index >= 15 is 0 Å². The Morgan fingerprint density at radius 1 is 1.14 bits per heavy atom. The van der Waals surface area contributed by atoms with E-state index in [9.17, 15) is 18.5 Å². The van der Waals surface area contributed by atoms with Crippen LogP contribution in [0.3, 0.4) is 0 Å². The van der Waals surface area contributed by atoms with Gasteiger partial charge in [0.05, 0.1) is 15.1 Å². The summed E-state index contributed by atoms with van der Waals surface area (Å²) in [6.07, 6.45) is 0.511. The predicted molar refractivity (Wildman–Crippen MR) is 82.6 cm³/mol. The minimum absolute atomic E-state index is 0.00381. The first-order valence-corrected chi connectivity index (χ1v) is 8.49. The average Bonchev–Trinajstić information content (AvgIpc) is 3.29. The van der Waals surface area contributed by atoms with Crippen LogP contribution in [0, 0.1) is 17.0 Å². The standard InChI is InChI=1S/C16H15NO4S/c1-11-5-7-14(8-6-11)22(20,21)16-10-15(16)12-3-2-4-13(9-12)17(18)19/h2-9,15-16H,10H2,1H3. The lowest BCUT2D eigenvalue weighted by Gasteiger charge is -2.05. The minimum atomic E-state index is -3.38. The third-order valence-corrected chi connectivity index (χ3v) is 6.24. The number of hydrogen-bond donors (Lipinski definition) is 0. The molecule has 1 saturated carbocycles. The second-order valence-electron chi connectivity index (χ2n) is 5.59. The van der Waals surface area contributed by atoms with Gasteiger partial charge in [-0.3, -0.25) is 10.1 Å². The van der Waals surface area contributed by atoms with Crippen LogP contribution in [0.1, 0.15) is 23.5 Å². The van der Waals surface area contributed by atoms with Gasteiger partial charge in [-0.15, -0.1) is 0 Å². The van der Waals surface area contributed by atoms with Crippen molar-refractivity contribution in [2.24, 2.45) is 0 Å². The van der Waals surface area contributed by atoms with Crippen molar-refractivity contribution in [1.29, 1.82) is 0 Å². The van der Waals surface area contributed by atoms with Crippen LogP contribution in [0.25, 0.3) is 0 Å². The van der Waals surface area contributed by atoms with Gasteiger partial charge in [-0.1, -0.05) is 29.8 Å². The Labute approximate surface area is 128 Å². The SMILES string of the molecule is Cc1ccc(S(=O)(=O)C2CC2c2cccc([N+](=O)[O-])c2)cc1. The van der Waals surface area contributed by atoms with Crippen LogP contribution in [0.5, 0.6) is 0 Å². The molecule has 0 bridgehead atoms. The van der Waals surface area contributed by atoms with Gasteiger partial charge in [-0.05, 0) is 31.0 Å². The highest BCUT2D eigenvalue weighted by Crippen LogP contribution is 2.48. The first kappa shape index (κ1) is 14.7. The molecule has 2 unspecified atom stereocenters. The molecule has 0 heterocycles. The number of nitro groups is 1. The van der Waals surface area contributed by atoms with Gasteiger partial charge in [0.25, 0.3) is 5.69 Å². The van der Waals surface area contributed by atoms with E-state index < -0.39 is 20.0 Å². The molecule has 2 aromatic rings. The van der Waals surface area contributed by atoms with Gasteiger partial charge >= 0.3 is 0 Å².